The molecule has 4 aromatic rings. The Hall–Kier alpha value is -3.32. The SMILES string of the molecule is C=C1NSc2c1c(=O)c1cc(F)c(-c3ccc4ncccc4c3)c(OC)c1n2C1CC1. The van der Waals surface area contributed by atoms with Crippen LogP contribution < -0.4 is 14.9 Å². The largest absolute Gasteiger partial charge is 0.494 e. The summed E-state index contributed by atoms with van der Waals surface area (Å²) in [6, 6.07) is 11.0. The lowest BCUT2D eigenvalue weighted by Gasteiger charge is -2.20. The molecule has 0 amide bonds. The molecule has 1 aliphatic carbocycles. The first-order chi connectivity index (χ1) is 15.1. The predicted octanol–water partition coefficient (Wildman–Crippen LogP) is 5.28. The highest BCUT2D eigenvalue weighted by Gasteiger charge is 2.35. The number of ether oxygens (including phenoxy) is 1. The standard InChI is InChI=1S/C24H18FN3O2S/c1-12-19-22(29)16-11-17(25)20(14-5-8-18-13(10-14)4-3-9-26-18)23(30-2)21(16)28(15-6-7-15)24(19)31-27-12/h3-5,8-11,15,27H,1,6-7H2,2H3. The molecule has 0 radical (unpaired) electrons. The smallest absolute Gasteiger partial charge is 0.200 e. The molecule has 2 aromatic heterocycles. The van der Waals surface area contributed by atoms with Crippen molar-refractivity contribution in [2.75, 3.05) is 7.11 Å². The Labute approximate surface area is 181 Å². The minimum absolute atomic E-state index is 0.226. The van der Waals surface area contributed by atoms with Gasteiger partial charge in [-0.1, -0.05) is 18.7 Å². The molecule has 3 heterocycles. The van der Waals surface area contributed by atoms with E-state index in [1.54, 1.807) is 6.20 Å². The van der Waals surface area contributed by atoms with Gasteiger partial charge in [0.05, 0.1) is 40.4 Å². The molecule has 2 aliphatic rings. The third-order valence-electron chi connectivity index (χ3n) is 5.93. The average Bonchev–Trinajstić information content (AvgIpc) is 3.55. The van der Waals surface area contributed by atoms with E-state index >= 15 is 4.39 Å². The van der Waals surface area contributed by atoms with Crippen molar-refractivity contribution in [1.82, 2.24) is 14.3 Å². The second-order valence-electron chi connectivity index (χ2n) is 7.87. The van der Waals surface area contributed by atoms with Crippen LogP contribution >= 0.6 is 11.9 Å². The van der Waals surface area contributed by atoms with Crippen molar-refractivity contribution in [2.45, 2.75) is 23.9 Å². The number of halogens is 1. The van der Waals surface area contributed by atoms with Gasteiger partial charge in [-0.2, -0.15) is 0 Å². The third-order valence-corrected chi connectivity index (χ3v) is 6.88. The van der Waals surface area contributed by atoms with Gasteiger partial charge < -0.3 is 14.0 Å². The molecule has 2 aromatic carbocycles. The fraction of sp³-hybridized carbons (Fsp3) is 0.167. The van der Waals surface area contributed by atoms with E-state index in [0.717, 1.165) is 28.8 Å². The van der Waals surface area contributed by atoms with E-state index in [1.807, 2.05) is 30.3 Å². The van der Waals surface area contributed by atoms with Crippen LogP contribution in [0.5, 0.6) is 5.75 Å². The molecule has 6 rings (SSSR count). The topological polar surface area (TPSA) is 56.1 Å². The maximum Gasteiger partial charge on any atom is 0.200 e. The van der Waals surface area contributed by atoms with E-state index in [-0.39, 0.29) is 11.5 Å². The Bertz CT molecular complexity index is 1490. The molecule has 154 valence electrons. The molecular weight excluding hydrogens is 413 g/mol. The molecule has 5 nitrogen and oxygen atoms in total. The summed E-state index contributed by atoms with van der Waals surface area (Å²) in [5.41, 5.74) is 3.37. The molecule has 1 fully saturated rings. The monoisotopic (exact) mass is 431 g/mol. The van der Waals surface area contributed by atoms with Crippen molar-refractivity contribution in [3.63, 3.8) is 0 Å². The van der Waals surface area contributed by atoms with Gasteiger partial charge in [-0.3, -0.25) is 9.78 Å². The van der Waals surface area contributed by atoms with Gasteiger partial charge >= 0.3 is 0 Å². The van der Waals surface area contributed by atoms with Crippen LogP contribution in [0.1, 0.15) is 24.4 Å². The van der Waals surface area contributed by atoms with E-state index in [1.165, 1.54) is 25.1 Å². The molecule has 0 bridgehead atoms. The van der Waals surface area contributed by atoms with Gasteiger partial charge in [0, 0.05) is 29.6 Å². The van der Waals surface area contributed by atoms with Crippen LogP contribution in [0, 0.1) is 5.82 Å². The van der Waals surface area contributed by atoms with Crippen molar-refractivity contribution < 1.29 is 9.13 Å². The summed E-state index contributed by atoms with van der Waals surface area (Å²) in [6.45, 7) is 3.97. The molecule has 0 saturated heterocycles. The fourth-order valence-corrected chi connectivity index (χ4v) is 5.37. The first-order valence-corrected chi connectivity index (χ1v) is 10.9. The Morgan fingerprint density at radius 1 is 1.26 bits per heavy atom. The second-order valence-corrected chi connectivity index (χ2v) is 8.66. The van der Waals surface area contributed by atoms with Gasteiger partial charge in [0.15, 0.2) is 11.2 Å². The average molecular weight is 431 g/mol. The highest BCUT2D eigenvalue weighted by Crippen LogP contribution is 2.48. The summed E-state index contributed by atoms with van der Waals surface area (Å²) in [4.78, 5) is 17.7. The van der Waals surface area contributed by atoms with Gasteiger partial charge in [0.1, 0.15) is 10.8 Å². The number of aromatic nitrogens is 2. The van der Waals surface area contributed by atoms with E-state index < -0.39 is 5.82 Å². The fourth-order valence-electron chi connectivity index (χ4n) is 4.39. The normalized spacial score (nSPS) is 15.4. The Kier molecular flexibility index (Phi) is 3.92. The van der Waals surface area contributed by atoms with E-state index in [4.69, 9.17) is 4.74 Å². The molecular formula is C24H18FN3O2S. The van der Waals surface area contributed by atoms with E-state index in [2.05, 4.69) is 20.9 Å². The van der Waals surface area contributed by atoms with Crippen molar-refractivity contribution >= 4 is 39.5 Å². The lowest BCUT2D eigenvalue weighted by molar-refractivity contribution is 0.415. The van der Waals surface area contributed by atoms with Crippen LogP contribution in [0.3, 0.4) is 0 Å². The van der Waals surface area contributed by atoms with E-state index in [0.29, 0.717) is 39.0 Å². The molecule has 1 aliphatic heterocycles. The number of nitrogens with zero attached hydrogens (tertiary/aromatic N) is 2. The summed E-state index contributed by atoms with van der Waals surface area (Å²) in [7, 11) is 1.53. The highest BCUT2D eigenvalue weighted by atomic mass is 32.2. The molecule has 0 atom stereocenters. The highest BCUT2D eigenvalue weighted by molar-refractivity contribution is 7.98. The minimum atomic E-state index is -0.490. The first-order valence-electron chi connectivity index (χ1n) is 10.0. The molecule has 31 heavy (non-hydrogen) atoms. The molecule has 7 heteroatoms. The number of rotatable bonds is 3. The number of nitrogens with one attached hydrogen (secondary N) is 1. The molecule has 1 N–H and O–H groups in total. The zero-order valence-corrected chi connectivity index (χ0v) is 17.6. The lowest BCUT2D eigenvalue weighted by Crippen LogP contribution is -2.16. The zero-order chi connectivity index (χ0) is 21.3. The maximum atomic E-state index is 15.5. The van der Waals surface area contributed by atoms with Crippen LogP contribution in [0.25, 0.3) is 38.6 Å². The Balaban J connectivity index is 1.74. The summed E-state index contributed by atoms with van der Waals surface area (Å²) in [5, 5.41) is 2.05. The van der Waals surface area contributed by atoms with Crippen molar-refractivity contribution in [3.05, 3.63) is 70.8 Å². The number of benzene rings is 2. The summed E-state index contributed by atoms with van der Waals surface area (Å²) in [5.74, 6) is -0.112. The lowest BCUT2D eigenvalue weighted by atomic mass is 9.98. The maximum absolute atomic E-state index is 15.5. The van der Waals surface area contributed by atoms with Crippen LogP contribution in [-0.2, 0) is 0 Å². The predicted molar refractivity (Wildman–Crippen MR) is 122 cm³/mol. The number of hydrogen-bond donors (Lipinski definition) is 1. The van der Waals surface area contributed by atoms with Crippen LogP contribution in [0.15, 0.2) is 59.0 Å². The number of fused-ring (bicyclic) bond motifs is 3. The van der Waals surface area contributed by atoms with Gasteiger partial charge in [-0.25, -0.2) is 4.39 Å². The van der Waals surface area contributed by atoms with Gasteiger partial charge in [-0.15, -0.1) is 0 Å². The first kappa shape index (κ1) is 18.4. The van der Waals surface area contributed by atoms with Crippen LogP contribution in [-0.4, -0.2) is 16.7 Å². The van der Waals surface area contributed by atoms with Gasteiger partial charge in [0.25, 0.3) is 0 Å². The van der Waals surface area contributed by atoms with Gasteiger partial charge in [0.2, 0.25) is 0 Å². The molecule has 0 unspecified atom stereocenters. The second kappa shape index (κ2) is 6.59. The van der Waals surface area contributed by atoms with Crippen LogP contribution in [0.4, 0.5) is 4.39 Å². The zero-order valence-electron chi connectivity index (χ0n) is 16.7. The van der Waals surface area contributed by atoms with Crippen molar-refractivity contribution in [1.29, 1.82) is 0 Å². The number of pyridine rings is 2. The number of hydrogen-bond acceptors (Lipinski definition) is 5. The van der Waals surface area contributed by atoms with Crippen molar-refractivity contribution in [2.24, 2.45) is 0 Å². The third kappa shape index (κ3) is 2.63. The summed E-state index contributed by atoms with van der Waals surface area (Å²) in [6.07, 6.45) is 3.75. The van der Waals surface area contributed by atoms with Crippen molar-refractivity contribution in [3.8, 4) is 16.9 Å². The van der Waals surface area contributed by atoms with Crippen LogP contribution in [0.2, 0.25) is 0 Å². The minimum Gasteiger partial charge on any atom is -0.494 e. The molecule has 1 saturated carbocycles. The molecule has 0 spiro atoms. The quantitative estimate of drug-likeness (QED) is 0.447. The Morgan fingerprint density at radius 3 is 2.87 bits per heavy atom. The summed E-state index contributed by atoms with van der Waals surface area (Å²) < 4.78 is 26.6. The van der Waals surface area contributed by atoms with Gasteiger partial charge in [-0.05, 0) is 42.7 Å². The number of methoxy groups -OCH3 is 1. The summed E-state index contributed by atoms with van der Waals surface area (Å²) >= 11 is 1.38. The van der Waals surface area contributed by atoms with E-state index in [9.17, 15) is 4.79 Å². The Morgan fingerprint density at radius 2 is 2.10 bits per heavy atom.